The highest BCUT2D eigenvalue weighted by atomic mass is 15.2. The monoisotopic (exact) mass is 279 g/mol. The first-order chi connectivity index (χ1) is 10.4. The van der Waals surface area contributed by atoms with Gasteiger partial charge in [-0.15, -0.1) is 0 Å². The predicted molar refractivity (Wildman–Crippen MR) is 84.4 cm³/mol. The summed E-state index contributed by atoms with van der Waals surface area (Å²) < 4.78 is 0. The molecule has 4 rings (SSSR count). The van der Waals surface area contributed by atoms with Crippen molar-refractivity contribution in [1.29, 1.82) is 0 Å². The van der Waals surface area contributed by atoms with Gasteiger partial charge < -0.3 is 15.2 Å². The van der Waals surface area contributed by atoms with Crippen LogP contribution >= 0.6 is 0 Å². The van der Waals surface area contributed by atoms with Gasteiger partial charge in [0.05, 0.1) is 11.0 Å². The number of nitrogens with one attached hydrogen (secondary N) is 2. The highest BCUT2D eigenvalue weighted by Gasteiger charge is 2.13. The largest absolute Gasteiger partial charge is 0.354 e. The summed E-state index contributed by atoms with van der Waals surface area (Å²) in [6.07, 6.45) is 1.86. The van der Waals surface area contributed by atoms with Crippen molar-refractivity contribution >= 4 is 16.9 Å². The molecule has 0 aliphatic carbocycles. The van der Waals surface area contributed by atoms with Crippen LogP contribution in [0.4, 0.5) is 5.82 Å². The van der Waals surface area contributed by atoms with Gasteiger partial charge in [0, 0.05) is 37.9 Å². The minimum absolute atomic E-state index is 0.898. The zero-order chi connectivity index (χ0) is 14.1. The fourth-order valence-electron chi connectivity index (χ4n) is 2.72. The van der Waals surface area contributed by atoms with E-state index in [1.54, 1.807) is 0 Å². The molecule has 0 unspecified atom stereocenters. The summed E-state index contributed by atoms with van der Waals surface area (Å²) >= 11 is 0. The topological polar surface area (TPSA) is 56.8 Å². The molecular weight excluding hydrogens is 262 g/mol. The number of pyridine rings is 1. The van der Waals surface area contributed by atoms with E-state index in [0.29, 0.717) is 0 Å². The number of para-hydroxylation sites is 2. The van der Waals surface area contributed by atoms with Crippen molar-refractivity contribution in [1.82, 2.24) is 20.3 Å². The lowest BCUT2D eigenvalue weighted by Gasteiger charge is -2.28. The standard InChI is InChI=1S/C16H17N5/c1-2-4-14-13(3-1)19-16(20-14)12-5-6-18-15(11-12)21-9-7-17-8-10-21/h1-6,11,17H,7-10H2,(H,19,20). The second-order valence-corrected chi connectivity index (χ2v) is 5.24. The molecule has 0 amide bonds. The average Bonchev–Trinajstić information content (AvgIpc) is 3.00. The van der Waals surface area contributed by atoms with Crippen LogP contribution in [-0.2, 0) is 0 Å². The number of H-pyrrole nitrogens is 1. The molecule has 1 fully saturated rings. The van der Waals surface area contributed by atoms with E-state index in [9.17, 15) is 0 Å². The van der Waals surface area contributed by atoms with E-state index >= 15 is 0 Å². The lowest BCUT2D eigenvalue weighted by Crippen LogP contribution is -2.43. The molecule has 0 saturated carbocycles. The zero-order valence-corrected chi connectivity index (χ0v) is 11.7. The fraction of sp³-hybridized carbons (Fsp3) is 0.250. The maximum absolute atomic E-state index is 4.66. The Labute approximate surface area is 123 Å². The number of imidazole rings is 1. The van der Waals surface area contributed by atoms with Crippen LogP contribution in [0.1, 0.15) is 0 Å². The minimum atomic E-state index is 0.898. The van der Waals surface area contributed by atoms with Crippen molar-refractivity contribution in [2.75, 3.05) is 31.1 Å². The summed E-state index contributed by atoms with van der Waals surface area (Å²) in [4.78, 5) is 14.8. The summed E-state index contributed by atoms with van der Waals surface area (Å²) in [5, 5.41) is 3.36. The van der Waals surface area contributed by atoms with Gasteiger partial charge in [-0.1, -0.05) is 12.1 Å². The number of aromatic amines is 1. The van der Waals surface area contributed by atoms with Gasteiger partial charge in [-0.3, -0.25) is 0 Å². The van der Waals surface area contributed by atoms with Crippen LogP contribution in [0.15, 0.2) is 42.6 Å². The number of hydrogen-bond donors (Lipinski definition) is 2. The van der Waals surface area contributed by atoms with Gasteiger partial charge in [0.25, 0.3) is 0 Å². The molecular formula is C16H17N5. The van der Waals surface area contributed by atoms with Crippen molar-refractivity contribution in [2.45, 2.75) is 0 Å². The Morgan fingerprint density at radius 2 is 1.90 bits per heavy atom. The number of nitrogens with zero attached hydrogens (tertiary/aromatic N) is 3. The predicted octanol–water partition coefficient (Wildman–Crippen LogP) is 2.03. The quantitative estimate of drug-likeness (QED) is 0.753. The Hall–Kier alpha value is -2.40. The second kappa shape index (κ2) is 5.18. The summed E-state index contributed by atoms with van der Waals surface area (Å²) in [6, 6.07) is 12.2. The molecule has 5 heteroatoms. The van der Waals surface area contributed by atoms with Crippen molar-refractivity contribution in [3.63, 3.8) is 0 Å². The zero-order valence-electron chi connectivity index (χ0n) is 11.7. The number of fused-ring (bicyclic) bond motifs is 1. The first-order valence-corrected chi connectivity index (χ1v) is 7.27. The number of aromatic nitrogens is 3. The molecule has 1 aliphatic heterocycles. The van der Waals surface area contributed by atoms with Crippen LogP contribution in [-0.4, -0.2) is 41.1 Å². The molecule has 3 heterocycles. The normalized spacial score (nSPS) is 15.5. The average molecular weight is 279 g/mol. The molecule has 3 aromatic rings. The SMILES string of the molecule is c1ccc2[nH]c(-c3ccnc(N4CCNCC4)c3)nc2c1. The smallest absolute Gasteiger partial charge is 0.138 e. The van der Waals surface area contributed by atoms with Gasteiger partial charge in [-0.25, -0.2) is 9.97 Å². The van der Waals surface area contributed by atoms with Crippen LogP contribution < -0.4 is 10.2 Å². The maximum Gasteiger partial charge on any atom is 0.138 e. The maximum atomic E-state index is 4.66. The van der Waals surface area contributed by atoms with E-state index < -0.39 is 0 Å². The Morgan fingerprint density at radius 3 is 2.76 bits per heavy atom. The Morgan fingerprint density at radius 1 is 1.05 bits per heavy atom. The highest BCUT2D eigenvalue weighted by molar-refractivity contribution is 5.79. The van der Waals surface area contributed by atoms with Crippen LogP contribution in [0.25, 0.3) is 22.4 Å². The molecule has 2 aromatic heterocycles. The first kappa shape index (κ1) is 12.3. The lowest BCUT2D eigenvalue weighted by molar-refractivity contribution is 0.585. The second-order valence-electron chi connectivity index (χ2n) is 5.24. The highest BCUT2D eigenvalue weighted by Crippen LogP contribution is 2.23. The molecule has 1 saturated heterocycles. The van der Waals surface area contributed by atoms with Crippen LogP contribution in [0.3, 0.4) is 0 Å². The summed E-state index contributed by atoms with van der Waals surface area (Å²) in [5.41, 5.74) is 3.14. The Bertz CT molecular complexity index is 725. The lowest BCUT2D eigenvalue weighted by atomic mass is 10.2. The first-order valence-electron chi connectivity index (χ1n) is 7.27. The summed E-state index contributed by atoms with van der Waals surface area (Å²) in [7, 11) is 0. The minimum Gasteiger partial charge on any atom is -0.354 e. The van der Waals surface area contributed by atoms with E-state index in [-0.39, 0.29) is 0 Å². The third-order valence-electron chi connectivity index (χ3n) is 3.85. The number of benzene rings is 1. The van der Waals surface area contributed by atoms with E-state index in [0.717, 1.165) is 54.4 Å². The van der Waals surface area contributed by atoms with Crippen molar-refractivity contribution in [2.24, 2.45) is 0 Å². The third-order valence-corrected chi connectivity index (χ3v) is 3.85. The van der Waals surface area contributed by atoms with Crippen LogP contribution in [0, 0.1) is 0 Å². The van der Waals surface area contributed by atoms with Crippen LogP contribution in [0.5, 0.6) is 0 Å². The Kier molecular flexibility index (Phi) is 3.05. The molecule has 0 radical (unpaired) electrons. The van der Waals surface area contributed by atoms with Gasteiger partial charge in [0.2, 0.25) is 0 Å². The van der Waals surface area contributed by atoms with E-state index in [1.165, 1.54) is 0 Å². The number of piperazine rings is 1. The van der Waals surface area contributed by atoms with Gasteiger partial charge in [0.1, 0.15) is 11.6 Å². The van der Waals surface area contributed by atoms with Gasteiger partial charge >= 0.3 is 0 Å². The van der Waals surface area contributed by atoms with E-state index in [1.807, 2.05) is 36.5 Å². The van der Waals surface area contributed by atoms with E-state index in [4.69, 9.17) is 0 Å². The van der Waals surface area contributed by atoms with Gasteiger partial charge in [0.15, 0.2) is 0 Å². The summed E-state index contributed by atoms with van der Waals surface area (Å²) in [6.45, 7) is 4.01. The number of hydrogen-bond acceptors (Lipinski definition) is 4. The molecule has 0 atom stereocenters. The molecule has 106 valence electrons. The van der Waals surface area contributed by atoms with Crippen molar-refractivity contribution in [3.8, 4) is 11.4 Å². The van der Waals surface area contributed by atoms with Crippen LogP contribution in [0.2, 0.25) is 0 Å². The molecule has 1 aliphatic rings. The summed E-state index contributed by atoms with van der Waals surface area (Å²) in [5.74, 6) is 1.92. The molecule has 0 bridgehead atoms. The molecule has 1 aromatic carbocycles. The molecule has 5 nitrogen and oxygen atoms in total. The van der Waals surface area contributed by atoms with Gasteiger partial charge in [-0.05, 0) is 24.3 Å². The van der Waals surface area contributed by atoms with Gasteiger partial charge in [-0.2, -0.15) is 0 Å². The molecule has 0 spiro atoms. The molecule has 2 N–H and O–H groups in total. The fourth-order valence-corrected chi connectivity index (χ4v) is 2.72. The number of anilines is 1. The van der Waals surface area contributed by atoms with Crippen molar-refractivity contribution < 1.29 is 0 Å². The third kappa shape index (κ3) is 2.36. The molecule has 21 heavy (non-hydrogen) atoms. The number of rotatable bonds is 2. The Balaban J connectivity index is 1.71. The van der Waals surface area contributed by atoms with E-state index in [2.05, 4.69) is 31.2 Å². The van der Waals surface area contributed by atoms with Crippen molar-refractivity contribution in [3.05, 3.63) is 42.6 Å².